The monoisotopic (exact) mass is 277 g/mol. The number of imide groups is 1. The summed E-state index contributed by atoms with van der Waals surface area (Å²) in [5, 5.41) is 2.35. The standard InChI is InChI=1S/C13H19N5O2/c1-4-8-13(20)17-10(19)6-18(8)12-7(3)11(14)15-9(5-2)16-12/h8H,4-6H2,1-3H3,(H2,14,15,16)(H,17,19,20). The Labute approximate surface area is 117 Å². The van der Waals surface area contributed by atoms with Crippen molar-refractivity contribution < 1.29 is 9.59 Å². The lowest BCUT2D eigenvalue weighted by molar-refractivity contribution is -0.132. The van der Waals surface area contributed by atoms with E-state index in [1.54, 1.807) is 11.8 Å². The highest BCUT2D eigenvalue weighted by atomic mass is 16.2. The molecular weight excluding hydrogens is 258 g/mol. The van der Waals surface area contributed by atoms with E-state index in [-0.39, 0.29) is 18.4 Å². The molecule has 1 unspecified atom stereocenters. The van der Waals surface area contributed by atoms with Crippen LogP contribution < -0.4 is 16.0 Å². The van der Waals surface area contributed by atoms with Crippen molar-refractivity contribution in [1.82, 2.24) is 15.3 Å². The lowest BCUT2D eigenvalue weighted by atomic mass is 10.1. The Kier molecular flexibility index (Phi) is 3.87. The summed E-state index contributed by atoms with van der Waals surface area (Å²) in [5.74, 6) is 0.952. The fourth-order valence-electron chi connectivity index (χ4n) is 2.30. The second-order valence-corrected chi connectivity index (χ2v) is 4.79. The van der Waals surface area contributed by atoms with E-state index in [1.165, 1.54) is 0 Å². The van der Waals surface area contributed by atoms with Crippen molar-refractivity contribution in [1.29, 1.82) is 0 Å². The number of aromatic nitrogens is 2. The molecule has 0 radical (unpaired) electrons. The second kappa shape index (κ2) is 5.44. The normalized spacial score (nSPS) is 19.1. The van der Waals surface area contributed by atoms with E-state index in [1.807, 2.05) is 13.8 Å². The fourth-order valence-corrected chi connectivity index (χ4v) is 2.30. The molecular formula is C13H19N5O2. The predicted octanol–water partition coefficient (Wildman–Crippen LogP) is 0.171. The van der Waals surface area contributed by atoms with Crippen LogP contribution in [0.2, 0.25) is 0 Å². The van der Waals surface area contributed by atoms with Gasteiger partial charge >= 0.3 is 0 Å². The van der Waals surface area contributed by atoms with Crippen LogP contribution in [0.3, 0.4) is 0 Å². The summed E-state index contributed by atoms with van der Waals surface area (Å²) in [7, 11) is 0. The molecule has 1 aromatic rings. The maximum absolute atomic E-state index is 11.9. The third kappa shape index (κ3) is 2.43. The molecule has 7 nitrogen and oxygen atoms in total. The molecule has 1 fully saturated rings. The minimum atomic E-state index is -0.412. The Morgan fingerprint density at radius 3 is 2.65 bits per heavy atom. The summed E-state index contributed by atoms with van der Waals surface area (Å²) >= 11 is 0. The predicted molar refractivity (Wildman–Crippen MR) is 75.1 cm³/mol. The van der Waals surface area contributed by atoms with Gasteiger partial charge in [-0.25, -0.2) is 9.97 Å². The molecule has 1 aliphatic heterocycles. The summed E-state index contributed by atoms with van der Waals surface area (Å²) in [6.07, 6.45) is 1.23. The highest BCUT2D eigenvalue weighted by molar-refractivity contribution is 6.04. The Balaban J connectivity index is 2.49. The third-order valence-corrected chi connectivity index (χ3v) is 3.43. The maximum atomic E-state index is 11.9. The molecule has 20 heavy (non-hydrogen) atoms. The van der Waals surface area contributed by atoms with Crippen LogP contribution in [-0.2, 0) is 16.0 Å². The number of carbonyl (C=O) groups excluding carboxylic acids is 2. The lowest BCUT2D eigenvalue weighted by Gasteiger charge is -2.35. The molecule has 3 N–H and O–H groups in total. The van der Waals surface area contributed by atoms with Gasteiger partial charge < -0.3 is 10.6 Å². The number of carbonyl (C=O) groups is 2. The number of nitrogens with two attached hydrogens (primary N) is 1. The van der Waals surface area contributed by atoms with Crippen LogP contribution in [0.25, 0.3) is 0 Å². The molecule has 2 amide bonds. The van der Waals surface area contributed by atoms with E-state index in [4.69, 9.17) is 5.73 Å². The quantitative estimate of drug-likeness (QED) is 0.764. The number of anilines is 2. The van der Waals surface area contributed by atoms with Gasteiger partial charge in [-0.1, -0.05) is 13.8 Å². The Morgan fingerprint density at radius 1 is 1.35 bits per heavy atom. The molecule has 1 atom stereocenters. The molecule has 7 heteroatoms. The average molecular weight is 277 g/mol. The van der Waals surface area contributed by atoms with Crippen molar-refractivity contribution in [2.75, 3.05) is 17.2 Å². The molecule has 1 aliphatic rings. The number of nitrogens with one attached hydrogen (secondary N) is 1. The van der Waals surface area contributed by atoms with Gasteiger partial charge in [0, 0.05) is 12.0 Å². The molecule has 108 valence electrons. The Hall–Kier alpha value is -2.18. The van der Waals surface area contributed by atoms with E-state index in [2.05, 4.69) is 15.3 Å². The summed E-state index contributed by atoms with van der Waals surface area (Å²) in [5.41, 5.74) is 6.59. The lowest BCUT2D eigenvalue weighted by Crippen LogP contribution is -2.58. The van der Waals surface area contributed by atoms with Gasteiger partial charge in [0.05, 0.1) is 6.54 Å². The van der Waals surface area contributed by atoms with E-state index >= 15 is 0 Å². The summed E-state index contributed by atoms with van der Waals surface area (Å²) in [6.45, 7) is 5.73. The second-order valence-electron chi connectivity index (χ2n) is 4.79. The zero-order valence-corrected chi connectivity index (χ0v) is 11.9. The van der Waals surface area contributed by atoms with Gasteiger partial charge in [0.2, 0.25) is 11.8 Å². The number of nitrogens with zero attached hydrogens (tertiary/aromatic N) is 3. The molecule has 2 heterocycles. The van der Waals surface area contributed by atoms with Crippen molar-refractivity contribution >= 4 is 23.5 Å². The fraction of sp³-hybridized carbons (Fsp3) is 0.538. The van der Waals surface area contributed by atoms with Crippen LogP contribution >= 0.6 is 0 Å². The molecule has 0 saturated carbocycles. The third-order valence-electron chi connectivity index (χ3n) is 3.43. The first-order valence-electron chi connectivity index (χ1n) is 6.71. The Bertz CT molecular complexity index is 558. The van der Waals surface area contributed by atoms with Crippen molar-refractivity contribution in [3.05, 3.63) is 11.4 Å². The highest BCUT2D eigenvalue weighted by Gasteiger charge is 2.34. The van der Waals surface area contributed by atoms with Crippen LogP contribution in [-0.4, -0.2) is 34.4 Å². The van der Waals surface area contributed by atoms with Crippen LogP contribution in [0.15, 0.2) is 0 Å². The number of piperazine rings is 1. The van der Waals surface area contributed by atoms with Crippen molar-refractivity contribution in [3.63, 3.8) is 0 Å². The van der Waals surface area contributed by atoms with Gasteiger partial charge in [0.15, 0.2) is 0 Å². The van der Waals surface area contributed by atoms with E-state index in [9.17, 15) is 9.59 Å². The minimum absolute atomic E-state index is 0.102. The first-order valence-corrected chi connectivity index (χ1v) is 6.71. The summed E-state index contributed by atoms with van der Waals surface area (Å²) < 4.78 is 0. The number of rotatable bonds is 3. The van der Waals surface area contributed by atoms with Gasteiger partial charge in [-0.15, -0.1) is 0 Å². The molecule has 1 aromatic heterocycles. The van der Waals surface area contributed by atoms with Gasteiger partial charge in [-0.2, -0.15) is 0 Å². The van der Waals surface area contributed by atoms with Gasteiger partial charge in [0.1, 0.15) is 23.5 Å². The van der Waals surface area contributed by atoms with E-state index in [0.29, 0.717) is 35.9 Å². The van der Waals surface area contributed by atoms with Gasteiger partial charge in [-0.05, 0) is 13.3 Å². The SMILES string of the molecule is CCc1nc(N)c(C)c(N2CC(=O)NC(=O)C2CC)n1. The van der Waals surface area contributed by atoms with E-state index < -0.39 is 6.04 Å². The average Bonchev–Trinajstić information content (AvgIpc) is 2.41. The summed E-state index contributed by atoms with van der Waals surface area (Å²) in [4.78, 5) is 33.9. The molecule has 0 aromatic carbocycles. The molecule has 1 saturated heterocycles. The van der Waals surface area contributed by atoms with Gasteiger partial charge in [-0.3, -0.25) is 14.9 Å². The van der Waals surface area contributed by atoms with E-state index in [0.717, 1.165) is 0 Å². The molecule has 0 bridgehead atoms. The minimum Gasteiger partial charge on any atom is -0.383 e. The van der Waals surface area contributed by atoms with Crippen LogP contribution in [0.5, 0.6) is 0 Å². The number of hydrogen-bond acceptors (Lipinski definition) is 6. The van der Waals surface area contributed by atoms with Crippen molar-refractivity contribution in [2.24, 2.45) is 0 Å². The largest absolute Gasteiger partial charge is 0.383 e. The zero-order valence-electron chi connectivity index (χ0n) is 11.9. The highest BCUT2D eigenvalue weighted by Crippen LogP contribution is 2.25. The van der Waals surface area contributed by atoms with Gasteiger partial charge in [0.25, 0.3) is 0 Å². The number of amides is 2. The van der Waals surface area contributed by atoms with Crippen LogP contribution in [0, 0.1) is 6.92 Å². The first kappa shape index (κ1) is 14.2. The zero-order chi connectivity index (χ0) is 14.9. The van der Waals surface area contributed by atoms with Crippen LogP contribution in [0.1, 0.15) is 31.7 Å². The maximum Gasteiger partial charge on any atom is 0.249 e. The molecule has 0 spiro atoms. The Morgan fingerprint density at radius 2 is 2.05 bits per heavy atom. The number of aryl methyl sites for hydroxylation is 1. The first-order chi connectivity index (χ1) is 9.47. The van der Waals surface area contributed by atoms with Crippen LogP contribution in [0.4, 0.5) is 11.6 Å². The van der Waals surface area contributed by atoms with Crippen molar-refractivity contribution in [2.45, 2.75) is 39.7 Å². The van der Waals surface area contributed by atoms with Crippen molar-refractivity contribution in [3.8, 4) is 0 Å². The number of nitrogen functional groups attached to an aromatic ring is 1. The molecule has 2 rings (SSSR count). The summed E-state index contributed by atoms with van der Waals surface area (Å²) in [6, 6.07) is -0.412. The topological polar surface area (TPSA) is 101 Å². The smallest absolute Gasteiger partial charge is 0.249 e. The number of hydrogen-bond donors (Lipinski definition) is 2. The molecule has 0 aliphatic carbocycles.